The van der Waals surface area contributed by atoms with Crippen LogP contribution in [0.5, 0.6) is 0 Å². The van der Waals surface area contributed by atoms with Gasteiger partial charge in [0.25, 0.3) is 0 Å². The number of anilines is 1. The summed E-state index contributed by atoms with van der Waals surface area (Å²) in [5.74, 6) is -1.02. The molecular formula is C10H14N2O2S. The summed E-state index contributed by atoms with van der Waals surface area (Å²) in [6, 6.07) is 1.51. The number of carboxylic acids is 1. The summed E-state index contributed by atoms with van der Waals surface area (Å²) in [5, 5.41) is 9.55. The van der Waals surface area contributed by atoms with Crippen LogP contribution >= 0.6 is 11.8 Å². The van der Waals surface area contributed by atoms with Gasteiger partial charge in [0, 0.05) is 4.75 Å². The molecule has 0 radical (unpaired) electrons. The highest BCUT2D eigenvalue weighted by Gasteiger charge is 2.16. The van der Waals surface area contributed by atoms with Crippen LogP contribution in [0.3, 0.4) is 0 Å². The summed E-state index contributed by atoms with van der Waals surface area (Å²) < 4.78 is -0.00110. The number of nitrogens with two attached hydrogens (primary N) is 1. The molecule has 0 saturated carbocycles. The molecule has 0 aliphatic carbocycles. The summed E-state index contributed by atoms with van der Waals surface area (Å²) in [4.78, 5) is 14.9. The molecule has 3 N–H and O–H groups in total. The summed E-state index contributed by atoms with van der Waals surface area (Å²) in [5.41, 5.74) is 5.80. The highest BCUT2D eigenvalue weighted by molar-refractivity contribution is 8.00. The fourth-order valence-corrected chi connectivity index (χ4v) is 1.91. The lowest BCUT2D eigenvalue weighted by atomic mass is 10.2. The number of thioether (sulfide) groups is 1. The molecule has 0 fully saturated rings. The Kier molecular flexibility index (Phi) is 3.24. The molecule has 0 aromatic carbocycles. The Hall–Kier alpha value is -1.23. The van der Waals surface area contributed by atoms with Gasteiger partial charge in [-0.1, -0.05) is 20.8 Å². The third-order valence-electron chi connectivity index (χ3n) is 1.55. The molecule has 15 heavy (non-hydrogen) atoms. The van der Waals surface area contributed by atoms with Crippen LogP contribution in [0.2, 0.25) is 0 Å². The maximum atomic E-state index is 10.8. The molecule has 1 rings (SSSR count). The van der Waals surface area contributed by atoms with E-state index in [0.717, 1.165) is 0 Å². The van der Waals surface area contributed by atoms with E-state index in [2.05, 4.69) is 4.98 Å². The highest BCUT2D eigenvalue weighted by Crippen LogP contribution is 2.31. The van der Waals surface area contributed by atoms with E-state index in [1.54, 1.807) is 0 Å². The lowest BCUT2D eigenvalue weighted by Crippen LogP contribution is -2.09. The van der Waals surface area contributed by atoms with Crippen molar-refractivity contribution in [3.8, 4) is 0 Å². The number of nitrogen functional groups attached to an aromatic ring is 1. The molecule has 5 heteroatoms. The molecule has 0 spiro atoms. The minimum Gasteiger partial charge on any atom is -0.478 e. The lowest BCUT2D eigenvalue weighted by Gasteiger charge is -2.16. The first kappa shape index (κ1) is 11.8. The molecule has 4 nitrogen and oxygen atoms in total. The van der Waals surface area contributed by atoms with Gasteiger partial charge in [-0.3, -0.25) is 0 Å². The van der Waals surface area contributed by atoms with Crippen LogP contribution in [0.15, 0.2) is 17.3 Å². The molecule has 0 bridgehead atoms. The predicted molar refractivity (Wildman–Crippen MR) is 61.2 cm³/mol. The van der Waals surface area contributed by atoms with Crippen LogP contribution in [-0.2, 0) is 0 Å². The first-order valence-electron chi connectivity index (χ1n) is 4.47. The first-order chi connectivity index (χ1) is 6.79. The van der Waals surface area contributed by atoms with E-state index in [-0.39, 0.29) is 16.0 Å². The number of rotatable bonds is 2. The van der Waals surface area contributed by atoms with Gasteiger partial charge < -0.3 is 10.8 Å². The van der Waals surface area contributed by atoms with E-state index >= 15 is 0 Å². The van der Waals surface area contributed by atoms with Gasteiger partial charge in [-0.25, -0.2) is 9.78 Å². The number of aromatic nitrogens is 1. The van der Waals surface area contributed by atoms with E-state index in [1.807, 2.05) is 20.8 Å². The number of hydrogen-bond donors (Lipinski definition) is 2. The Balaban J connectivity index is 3.03. The van der Waals surface area contributed by atoms with Gasteiger partial charge in [0.1, 0.15) is 0 Å². The third kappa shape index (κ3) is 3.43. The first-order valence-corrected chi connectivity index (χ1v) is 5.29. The number of hydrogen-bond acceptors (Lipinski definition) is 4. The number of carboxylic acid groups (broad SMARTS) is 1. The second kappa shape index (κ2) is 4.10. The van der Waals surface area contributed by atoms with E-state index < -0.39 is 5.97 Å². The van der Waals surface area contributed by atoms with Crippen molar-refractivity contribution in [2.24, 2.45) is 0 Å². The second-order valence-electron chi connectivity index (χ2n) is 4.13. The average Bonchev–Trinajstić information content (AvgIpc) is 2.05. The largest absolute Gasteiger partial charge is 0.478 e. The molecule has 0 saturated heterocycles. The molecule has 1 aromatic heterocycles. The van der Waals surface area contributed by atoms with E-state index in [1.165, 1.54) is 24.0 Å². The lowest BCUT2D eigenvalue weighted by molar-refractivity contribution is 0.0697. The zero-order valence-corrected chi connectivity index (χ0v) is 9.76. The molecule has 1 heterocycles. The van der Waals surface area contributed by atoms with Crippen molar-refractivity contribution in [1.82, 2.24) is 4.98 Å². The predicted octanol–water partition coefficient (Wildman–Crippen LogP) is 2.25. The van der Waals surface area contributed by atoms with E-state index in [4.69, 9.17) is 10.8 Å². The van der Waals surface area contributed by atoms with Crippen LogP contribution in [0.4, 0.5) is 5.69 Å². The zero-order valence-electron chi connectivity index (χ0n) is 8.94. The van der Waals surface area contributed by atoms with Gasteiger partial charge in [-0.15, -0.1) is 11.8 Å². The highest BCUT2D eigenvalue weighted by atomic mass is 32.2. The average molecular weight is 226 g/mol. The minimum absolute atomic E-state index is 0.00110. The van der Waals surface area contributed by atoms with E-state index in [0.29, 0.717) is 5.03 Å². The van der Waals surface area contributed by atoms with Crippen molar-refractivity contribution in [3.63, 3.8) is 0 Å². The van der Waals surface area contributed by atoms with Crippen LogP contribution in [0.1, 0.15) is 31.1 Å². The Morgan fingerprint density at radius 2 is 2.13 bits per heavy atom. The van der Waals surface area contributed by atoms with Crippen molar-refractivity contribution in [1.29, 1.82) is 0 Å². The van der Waals surface area contributed by atoms with Crippen LogP contribution in [0.25, 0.3) is 0 Å². The molecule has 0 atom stereocenters. The Morgan fingerprint density at radius 3 is 2.60 bits per heavy atom. The molecule has 0 aliphatic rings. The van der Waals surface area contributed by atoms with Crippen LogP contribution in [0, 0.1) is 0 Å². The van der Waals surface area contributed by atoms with Gasteiger partial charge >= 0.3 is 5.97 Å². The second-order valence-corrected chi connectivity index (χ2v) is 5.98. The smallest absolute Gasteiger partial charge is 0.337 e. The van der Waals surface area contributed by atoms with Crippen molar-refractivity contribution in [2.75, 3.05) is 5.73 Å². The maximum absolute atomic E-state index is 10.8. The third-order valence-corrected chi connectivity index (χ3v) is 2.60. The summed E-state index contributed by atoms with van der Waals surface area (Å²) >= 11 is 1.51. The Morgan fingerprint density at radius 1 is 1.53 bits per heavy atom. The van der Waals surface area contributed by atoms with Crippen molar-refractivity contribution >= 4 is 23.4 Å². The molecule has 1 aromatic rings. The molecule has 0 unspecified atom stereocenters. The molecule has 82 valence electrons. The normalized spacial score (nSPS) is 11.4. The fourth-order valence-electron chi connectivity index (χ4n) is 1.00. The zero-order chi connectivity index (χ0) is 11.6. The minimum atomic E-state index is -1.02. The SMILES string of the molecule is CC(C)(C)Sc1cc(C(=O)O)c(N)cn1. The van der Waals surface area contributed by atoms with Gasteiger partial charge in [0.2, 0.25) is 0 Å². The monoisotopic (exact) mass is 226 g/mol. The summed E-state index contributed by atoms with van der Waals surface area (Å²) in [7, 11) is 0. The molecular weight excluding hydrogens is 212 g/mol. The maximum Gasteiger partial charge on any atom is 0.337 e. The Bertz CT molecular complexity index is 385. The standard InChI is InChI=1S/C10H14N2O2S/c1-10(2,3)15-8-4-6(9(13)14)7(11)5-12-8/h4-5H,11H2,1-3H3,(H,13,14). The summed E-state index contributed by atoms with van der Waals surface area (Å²) in [6.07, 6.45) is 1.39. The van der Waals surface area contributed by atoms with Crippen molar-refractivity contribution < 1.29 is 9.90 Å². The quantitative estimate of drug-likeness (QED) is 0.756. The van der Waals surface area contributed by atoms with E-state index in [9.17, 15) is 4.79 Å². The fraction of sp³-hybridized carbons (Fsp3) is 0.400. The number of carbonyl (C=O) groups is 1. The topological polar surface area (TPSA) is 76.2 Å². The van der Waals surface area contributed by atoms with Crippen LogP contribution in [-0.4, -0.2) is 20.8 Å². The number of nitrogens with zero attached hydrogens (tertiary/aromatic N) is 1. The molecule has 0 amide bonds. The van der Waals surface area contributed by atoms with Crippen LogP contribution < -0.4 is 5.73 Å². The van der Waals surface area contributed by atoms with Gasteiger partial charge in [0.15, 0.2) is 0 Å². The molecule has 0 aliphatic heterocycles. The number of pyridine rings is 1. The van der Waals surface area contributed by atoms with Crippen molar-refractivity contribution in [3.05, 3.63) is 17.8 Å². The summed E-state index contributed by atoms with van der Waals surface area (Å²) in [6.45, 7) is 6.11. The Labute approximate surface area is 92.9 Å². The van der Waals surface area contributed by atoms with Gasteiger partial charge in [-0.05, 0) is 6.07 Å². The number of aromatic carboxylic acids is 1. The van der Waals surface area contributed by atoms with Gasteiger partial charge in [-0.2, -0.15) is 0 Å². The van der Waals surface area contributed by atoms with Gasteiger partial charge in [0.05, 0.1) is 22.5 Å². The van der Waals surface area contributed by atoms with Crippen molar-refractivity contribution in [2.45, 2.75) is 30.5 Å².